The molecule has 3 aliphatic rings. The van der Waals surface area contributed by atoms with E-state index in [0.29, 0.717) is 0 Å². The largest absolute Gasteiger partial charge is 0.354 e. The number of nitrogens with one attached hydrogen (secondary N) is 1. The highest BCUT2D eigenvalue weighted by Crippen LogP contribution is 2.33. The van der Waals surface area contributed by atoms with Crippen molar-refractivity contribution in [2.24, 2.45) is 11.7 Å². The molecule has 2 unspecified atom stereocenters. The van der Waals surface area contributed by atoms with Gasteiger partial charge < -0.3 is 16.0 Å². The molecule has 2 atom stereocenters. The third kappa shape index (κ3) is 4.37. The minimum Gasteiger partial charge on any atom is -0.354 e. The van der Waals surface area contributed by atoms with Gasteiger partial charge >= 0.3 is 0 Å². The summed E-state index contributed by atoms with van der Waals surface area (Å²) in [6.07, 6.45) is 10.5. The van der Waals surface area contributed by atoms with Gasteiger partial charge in [-0.05, 0) is 78.7 Å². The first kappa shape index (κ1) is 19.1. The highest BCUT2D eigenvalue weighted by Gasteiger charge is 2.42. The molecule has 25 heavy (non-hydrogen) atoms. The summed E-state index contributed by atoms with van der Waals surface area (Å²) in [5.74, 6) is 0.172. The van der Waals surface area contributed by atoms with Gasteiger partial charge in [-0.25, -0.2) is 0 Å². The molecule has 2 saturated heterocycles. The average molecular weight is 351 g/mol. The van der Waals surface area contributed by atoms with E-state index in [0.717, 1.165) is 58.2 Å². The first-order chi connectivity index (χ1) is 11.9. The van der Waals surface area contributed by atoms with Crippen LogP contribution in [-0.2, 0) is 4.79 Å². The monoisotopic (exact) mass is 350 g/mol. The van der Waals surface area contributed by atoms with Crippen molar-refractivity contribution in [3.05, 3.63) is 0 Å². The summed E-state index contributed by atoms with van der Waals surface area (Å²) in [4.78, 5) is 18.0. The number of nitrogens with zero attached hydrogens (tertiary/aromatic N) is 2. The summed E-state index contributed by atoms with van der Waals surface area (Å²) in [5.41, 5.74) is 6.26. The van der Waals surface area contributed by atoms with Crippen LogP contribution in [0.25, 0.3) is 0 Å². The maximum Gasteiger partial charge on any atom is 0.225 e. The zero-order chi connectivity index (χ0) is 17.9. The van der Waals surface area contributed by atoms with Crippen LogP contribution in [0.1, 0.15) is 64.7 Å². The van der Waals surface area contributed by atoms with Crippen LogP contribution >= 0.6 is 0 Å². The van der Waals surface area contributed by atoms with E-state index in [1.165, 1.54) is 32.4 Å². The van der Waals surface area contributed by atoms with Crippen LogP contribution in [-0.4, -0.2) is 66.6 Å². The molecule has 3 fully saturated rings. The minimum atomic E-state index is -0.340. The SMILES string of the molecule is CN1CCC(CNC(=O)C2CCCCC2(C)N)(N2CCCCC2)CC1. The minimum absolute atomic E-state index is 0.0223. The van der Waals surface area contributed by atoms with Crippen LogP contribution in [0.3, 0.4) is 0 Å². The fourth-order valence-electron chi connectivity index (χ4n) is 5.17. The van der Waals surface area contributed by atoms with Crippen LogP contribution in [0.4, 0.5) is 0 Å². The van der Waals surface area contributed by atoms with Crippen LogP contribution in [0, 0.1) is 5.92 Å². The van der Waals surface area contributed by atoms with Crippen LogP contribution in [0.5, 0.6) is 0 Å². The molecule has 1 saturated carbocycles. The Morgan fingerprint density at radius 2 is 1.72 bits per heavy atom. The summed E-state index contributed by atoms with van der Waals surface area (Å²) < 4.78 is 0. The zero-order valence-electron chi connectivity index (χ0n) is 16.4. The lowest BCUT2D eigenvalue weighted by atomic mass is 9.74. The van der Waals surface area contributed by atoms with Gasteiger partial charge in [-0.15, -0.1) is 0 Å². The second-order valence-electron chi connectivity index (χ2n) is 9.10. The first-order valence-electron chi connectivity index (χ1n) is 10.4. The molecule has 1 amide bonds. The average Bonchev–Trinajstić information content (AvgIpc) is 2.62. The molecule has 5 heteroatoms. The maximum atomic E-state index is 12.9. The highest BCUT2D eigenvalue weighted by molar-refractivity contribution is 5.80. The maximum absolute atomic E-state index is 12.9. The fourth-order valence-corrected chi connectivity index (χ4v) is 5.17. The Kier molecular flexibility index (Phi) is 6.07. The molecule has 144 valence electrons. The van der Waals surface area contributed by atoms with E-state index in [2.05, 4.69) is 29.1 Å². The number of piperidine rings is 2. The van der Waals surface area contributed by atoms with Crippen molar-refractivity contribution in [2.45, 2.75) is 75.8 Å². The smallest absolute Gasteiger partial charge is 0.225 e. The number of hydrogen-bond donors (Lipinski definition) is 2. The Bertz CT molecular complexity index is 451. The third-order valence-corrected chi connectivity index (χ3v) is 7.11. The number of carbonyl (C=O) groups is 1. The molecule has 3 rings (SSSR count). The van der Waals surface area contributed by atoms with Crippen molar-refractivity contribution in [3.63, 3.8) is 0 Å². The van der Waals surface area contributed by atoms with Crippen LogP contribution in [0.15, 0.2) is 0 Å². The molecule has 0 aromatic heterocycles. The van der Waals surface area contributed by atoms with Gasteiger partial charge in [-0.2, -0.15) is 0 Å². The predicted octanol–water partition coefficient (Wildman–Crippen LogP) is 1.96. The topological polar surface area (TPSA) is 61.6 Å². The summed E-state index contributed by atoms with van der Waals surface area (Å²) in [6, 6.07) is 0. The number of likely N-dealkylation sites (tertiary alicyclic amines) is 2. The van der Waals surface area contributed by atoms with Gasteiger partial charge in [-0.3, -0.25) is 9.69 Å². The van der Waals surface area contributed by atoms with E-state index in [1.54, 1.807) is 0 Å². The highest BCUT2D eigenvalue weighted by atomic mass is 16.2. The molecule has 0 aromatic rings. The van der Waals surface area contributed by atoms with E-state index in [-0.39, 0.29) is 22.9 Å². The molecule has 0 spiro atoms. The summed E-state index contributed by atoms with van der Waals surface area (Å²) >= 11 is 0. The fraction of sp³-hybridized carbons (Fsp3) is 0.950. The normalized spacial score (nSPS) is 34.6. The molecule has 2 heterocycles. The Labute approximate surface area is 153 Å². The van der Waals surface area contributed by atoms with Crippen molar-refractivity contribution in [1.29, 1.82) is 0 Å². The van der Waals surface area contributed by atoms with Gasteiger partial charge in [-0.1, -0.05) is 19.3 Å². The summed E-state index contributed by atoms with van der Waals surface area (Å²) in [7, 11) is 2.21. The number of nitrogens with two attached hydrogens (primary N) is 1. The van der Waals surface area contributed by atoms with Gasteiger partial charge in [0.05, 0.1) is 5.92 Å². The standard InChI is InChI=1S/C20H38N4O/c1-19(21)9-5-4-8-17(19)18(25)22-16-20(10-14-23(2)15-11-20)24-12-6-3-7-13-24/h17H,3-16,21H2,1-2H3,(H,22,25). The number of amides is 1. The zero-order valence-corrected chi connectivity index (χ0v) is 16.4. The van der Waals surface area contributed by atoms with Crippen molar-refractivity contribution in [2.75, 3.05) is 39.8 Å². The molecule has 1 aliphatic carbocycles. The van der Waals surface area contributed by atoms with E-state index >= 15 is 0 Å². The van der Waals surface area contributed by atoms with E-state index in [9.17, 15) is 4.79 Å². The lowest BCUT2D eigenvalue weighted by Crippen LogP contribution is -2.62. The van der Waals surface area contributed by atoms with Crippen molar-refractivity contribution in [1.82, 2.24) is 15.1 Å². The number of rotatable bonds is 4. The van der Waals surface area contributed by atoms with Crippen molar-refractivity contribution >= 4 is 5.91 Å². The Balaban J connectivity index is 1.65. The molecule has 0 radical (unpaired) electrons. The molecular formula is C20H38N4O. The van der Waals surface area contributed by atoms with E-state index in [4.69, 9.17) is 5.73 Å². The van der Waals surface area contributed by atoms with E-state index in [1.807, 2.05) is 0 Å². The van der Waals surface area contributed by atoms with Crippen molar-refractivity contribution in [3.8, 4) is 0 Å². The van der Waals surface area contributed by atoms with Crippen molar-refractivity contribution < 1.29 is 4.79 Å². The van der Waals surface area contributed by atoms with Crippen LogP contribution in [0.2, 0.25) is 0 Å². The predicted molar refractivity (Wildman–Crippen MR) is 102 cm³/mol. The lowest BCUT2D eigenvalue weighted by molar-refractivity contribution is -0.129. The molecule has 0 aromatic carbocycles. The third-order valence-electron chi connectivity index (χ3n) is 7.11. The Hall–Kier alpha value is -0.650. The second-order valence-corrected chi connectivity index (χ2v) is 9.10. The van der Waals surface area contributed by atoms with Gasteiger partial charge in [0.1, 0.15) is 0 Å². The molecule has 0 bridgehead atoms. The van der Waals surface area contributed by atoms with Gasteiger partial charge in [0.25, 0.3) is 0 Å². The Morgan fingerprint density at radius 3 is 2.36 bits per heavy atom. The molecule has 3 N–H and O–H groups in total. The van der Waals surface area contributed by atoms with Gasteiger partial charge in [0.15, 0.2) is 0 Å². The quantitative estimate of drug-likeness (QED) is 0.814. The van der Waals surface area contributed by atoms with Gasteiger partial charge in [0.2, 0.25) is 5.91 Å². The Morgan fingerprint density at radius 1 is 1.04 bits per heavy atom. The van der Waals surface area contributed by atoms with E-state index < -0.39 is 0 Å². The summed E-state index contributed by atoms with van der Waals surface area (Å²) in [6.45, 7) is 7.50. The number of carbonyl (C=O) groups excluding carboxylic acids is 1. The second kappa shape index (κ2) is 7.93. The first-order valence-corrected chi connectivity index (χ1v) is 10.4. The van der Waals surface area contributed by atoms with Gasteiger partial charge in [0, 0.05) is 17.6 Å². The summed E-state index contributed by atoms with van der Waals surface area (Å²) in [5, 5.41) is 3.35. The molecule has 5 nitrogen and oxygen atoms in total. The number of hydrogen-bond acceptors (Lipinski definition) is 4. The molecular weight excluding hydrogens is 312 g/mol. The lowest BCUT2D eigenvalue weighted by Gasteiger charge is -2.50. The van der Waals surface area contributed by atoms with Crippen LogP contribution < -0.4 is 11.1 Å². The molecule has 2 aliphatic heterocycles.